The number of aryl methyl sites for hydroxylation is 1. The van der Waals surface area contributed by atoms with Gasteiger partial charge in [-0.15, -0.1) is 0 Å². The molecular weight excluding hydrogens is 236 g/mol. The number of allylic oxidation sites excluding steroid dienone is 1. The van der Waals surface area contributed by atoms with Crippen molar-refractivity contribution >= 4 is 11.9 Å². The van der Waals surface area contributed by atoms with Crippen molar-refractivity contribution in [1.29, 1.82) is 0 Å². The van der Waals surface area contributed by atoms with Gasteiger partial charge in [-0.05, 0) is 20.8 Å². The molecule has 1 aromatic rings. The third kappa shape index (κ3) is 4.69. The fraction of sp³-hybridized carbons (Fsp3) is 0.364. The third-order valence-electron chi connectivity index (χ3n) is 1.87. The van der Waals surface area contributed by atoms with E-state index < -0.39 is 5.97 Å². The first-order chi connectivity index (χ1) is 8.51. The maximum Gasteiger partial charge on any atom is 0.332 e. The first-order valence-corrected chi connectivity index (χ1v) is 5.46. The van der Waals surface area contributed by atoms with Gasteiger partial charge in [0.15, 0.2) is 0 Å². The molecule has 3 N–H and O–H groups in total. The first kappa shape index (κ1) is 13.8. The summed E-state index contributed by atoms with van der Waals surface area (Å²) in [5.41, 5.74) is 6.28. The molecule has 0 aliphatic carbocycles. The number of rotatable bonds is 5. The van der Waals surface area contributed by atoms with Gasteiger partial charge in [-0.2, -0.15) is 0 Å². The van der Waals surface area contributed by atoms with Gasteiger partial charge in [-0.3, -0.25) is 15.2 Å². The van der Waals surface area contributed by atoms with E-state index in [2.05, 4.69) is 20.8 Å². The minimum absolute atomic E-state index is 0.251. The van der Waals surface area contributed by atoms with Crippen molar-refractivity contribution in [2.75, 3.05) is 12.0 Å². The van der Waals surface area contributed by atoms with Gasteiger partial charge in [0.05, 0.1) is 6.61 Å². The Balaban J connectivity index is 2.59. The molecule has 0 aromatic carbocycles. The van der Waals surface area contributed by atoms with Gasteiger partial charge in [0.2, 0.25) is 5.95 Å². The van der Waals surface area contributed by atoms with Crippen LogP contribution in [0.5, 0.6) is 0 Å². The lowest BCUT2D eigenvalue weighted by Crippen LogP contribution is -2.24. The van der Waals surface area contributed by atoms with Crippen molar-refractivity contribution in [2.45, 2.75) is 20.8 Å². The molecule has 1 aromatic heterocycles. The van der Waals surface area contributed by atoms with Gasteiger partial charge < -0.3 is 10.2 Å². The topological polar surface area (TPSA) is 96.1 Å². The number of H-pyrrole nitrogens is 1. The van der Waals surface area contributed by atoms with Gasteiger partial charge in [0, 0.05) is 23.5 Å². The average Bonchev–Trinajstić information content (AvgIpc) is 2.25. The number of nitrogens with one attached hydrogen (secondary N) is 3. The molecular formula is C11H16N4O3. The number of aromatic nitrogens is 2. The Labute approximate surface area is 104 Å². The van der Waals surface area contributed by atoms with Gasteiger partial charge >= 0.3 is 5.97 Å². The summed E-state index contributed by atoms with van der Waals surface area (Å²) in [6.45, 7) is 5.44. The number of carbonyl (C=O) groups excluding carboxylic acids is 1. The second-order valence-corrected chi connectivity index (χ2v) is 3.56. The van der Waals surface area contributed by atoms with Crippen LogP contribution in [0, 0.1) is 6.92 Å². The van der Waals surface area contributed by atoms with E-state index in [1.54, 1.807) is 20.8 Å². The van der Waals surface area contributed by atoms with Crippen molar-refractivity contribution in [3.63, 3.8) is 0 Å². The molecule has 0 fully saturated rings. The van der Waals surface area contributed by atoms with Crippen LogP contribution in [0.15, 0.2) is 22.6 Å². The summed E-state index contributed by atoms with van der Waals surface area (Å²) in [5, 5.41) is 0. The zero-order valence-electron chi connectivity index (χ0n) is 10.5. The lowest BCUT2D eigenvalue weighted by atomic mass is 10.4. The summed E-state index contributed by atoms with van der Waals surface area (Å²) in [5.74, 6) is -0.161. The Bertz CT molecular complexity index is 507. The standard InChI is InChI=1S/C11H16N4O3/c1-4-18-10(17)6-8(3)14-15-11-12-7(2)5-9(16)13-11/h5-6,14H,4H2,1-3H3,(H2,12,13,15,16). The quantitative estimate of drug-likeness (QED) is 0.400. The second-order valence-electron chi connectivity index (χ2n) is 3.56. The van der Waals surface area contributed by atoms with Crippen molar-refractivity contribution in [3.05, 3.63) is 33.9 Å². The molecule has 7 heteroatoms. The summed E-state index contributed by atoms with van der Waals surface area (Å²) in [6, 6.07) is 1.38. The fourth-order valence-corrected chi connectivity index (χ4v) is 1.19. The van der Waals surface area contributed by atoms with Gasteiger partial charge in [0.1, 0.15) is 0 Å². The lowest BCUT2D eigenvalue weighted by molar-refractivity contribution is -0.137. The second kappa shape index (κ2) is 6.43. The molecule has 0 spiro atoms. The largest absolute Gasteiger partial charge is 0.463 e. The van der Waals surface area contributed by atoms with Crippen LogP contribution in [0.4, 0.5) is 5.95 Å². The van der Waals surface area contributed by atoms with Gasteiger partial charge in [-0.25, -0.2) is 9.78 Å². The van der Waals surface area contributed by atoms with E-state index in [4.69, 9.17) is 4.74 Å². The molecule has 0 saturated heterocycles. The summed E-state index contributed by atoms with van der Waals surface area (Å²) in [4.78, 5) is 28.8. The predicted molar refractivity (Wildman–Crippen MR) is 66.7 cm³/mol. The Kier molecular flexibility index (Phi) is 4.91. The molecule has 0 radical (unpaired) electrons. The number of esters is 1. The summed E-state index contributed by atoms with van der Waals surface area (Å²) in [6.07, 6.45) is 1.30. The monoisotopic (exact) mass is 252 g/mol. The molecule has 0 aliphatic rings. The minimum atomic E-state index is -0.435. The predicted octanol–water partition coefficient (Wildman–Crippen LogP) is 0.462. The number of ether oxygens (including phenoxy) is 1. The smallest absolute Gasteiger partial charge is 0.332 e. The first-order valence-electron chi connectivity index (χ1n) is 5.46. The van der Waals surface area contributed by atoms with Crippen LogP contribution in [0.2, 0.25) is 0 Å². The zero-order chi connectivity index (χ0) is 13.5. The molecule has 1 heterocycles. The number of hydrogen-bond acceptors (Lipinski definition) is 6. The van der Waals surface area contributed by atoms with Gasteiger partial charge in [-0.1, -0.05) is 0 Å². The molecule has 0 amide bonds. The highest BCUT2D eigenvalue weighted by Gasteiger charge is 1.99. The number of nitrogens with zero attached hydrogens (tertiary/aromatic N) is 1. The SMILES string of the molecule is CCOC(=O)C=C(C)NNc1nc(C)cc(=O)[nH]1. The number of aromatic amines is 1. The zero-order valence-corrected chi connectivity index (χ0v) is 10.5. The van der Waals surface area contributed by atoms with Crippen LogP contribution in [-0.4, -0.2) is 22.5 Å². The Hall–Kier alpha value is -2.31. The van der Waals surface area contributed by atoms with Gasteiger partial charge in [0.25, 0.3) is 5.56 Å². The van der Waals surface area contributed by atoms with Crippen LogP contribution in [0.25, 0.3) is 0 Å². The van der Waals surface area contributed by atoms with E-state index in [9.17, 15) is 9.59 Å². The molecule has 98 valence electrons. The maximum atomic E-state index is 11.2. The molecule has 0 atom stereocenters. The van der Waals surface area contributed by atoms with Crippen molar-refractivity contribution in [2.24, 2.45) is 0 Å². The van der Waals surface area contributed by atoms with E-state index in [1.165, 1.54) is 12.1 Å². The van der Waals surface area contributed by atoms with E-state index in [1.807, 2.05) is 0 Å². The number of hydrogen-bond donors (Lipinski definition) is 3. The minimum Gasteiger partial charge on any atom is -0.463 e. The van der Waals surface area contributed by atoms with E-state index >= 15 is 0 Å². The number of anilines is 1. The molecule has 0 aliphatic heterocycles. The van der Waals surface area contributed by atoms with Crippen molar-refractivity contribution < 1.29 is 9.53 Å². The Morgan fingerprint density at radius 3 is 2.94 bits per heavy atom. The normalized spacial score (nSPS) is 10.9. The highest BCUT2D eigenvalue weighted by molar-refractivity contribution is 5.82. The van der Waals surface area contributed by atoms with Crippen LogP contribution in [0.3, 0.4) is 0 Å². The molecule has 7 nitrogen and oxygen atoms in total. The Morgan fingerprint density at radius 1 is 1.61 bits per heavy atom. The molecule has 0 unspecified atom stereocenters. The molecule has 1 rings (SSSR count). The van der Waals surface area contributed by atoms with E-state index in [-0.39, 0.29) is 11.5 Å². The molecule has 18 heavy (non-hydrogen) atoms. The molecule has 0 saturated carbocycles. The van der Waals surface area contributed by atoms with Crippen molar-refractivity contribution in [3.8, 4) is 0 Å². The highest BCUT2D eigenvalue weighted by Crippen LogP contribution is 1.95. The third-order valence-corrected chi connectivity index (χ3v) is 1.87. The van der Waals surface area contributed by atoms with Crippen molar-refractivity contribution in [1.82, 2.24) is 15.4 Å². The Morgan fingerprint density at radius 2 is 2.33 bits per heavy atom. The number of carbonyl (C=O) groups is 1. The van der Waals surface area contributed by atoms with Crippen LogP contribution < -0.4 is 16.4 Å². The lowest BCUT2D eigenvalue weighted by Gasteiger charge is -2.08. The average molecular weight is 252 g/mol. The highest BCUT2D eigenvalue weighted by atomic mass is 16.5. The maximum absolute atomic E-state index is 11.2. The fourth-order valence-electron chi connectivity index (χ4n) is 1.19. The van der Waals surface area contributed by atoms with Crippen LogP contribution >= 0.6 is 0 Å². The summed E-state index contributed by atoms with van der Waals surface area (Å²) in [7, 11) is 0. The van der Waals surface area contributed by atoms with Crippen LogP contribution in [-0.2, 0) is 9.53 Å². The van der Waals surface area contributed by atoms with E-state index in [0.717, 1.165) is 0 Å². The molecule has 0 bridgehead atoms. The van der Waals surface area contributed by atoms with E-state index in [0.29, 0.717) is 18.0 Å². The number of hydrazine groups is 1. The van der Waals surface area contributed by atoms with Crippen LogP contribution in [0.1, 0.15) is 19.5 Å². The summed E-state index contributed by atoms with van der Waals surface area (Å²) < 4.78 is 4.75. The summed E-state index contributed by atoms with van der Waals surface area (Å²) >= 11 is 0.